The third kappa shape index (κ3) is 2.77. The Morgan fingerprint density at radius 2 is 1.90 bits per heavy atom. The van der Waals surface area contributed by atoms with Gasteiger partial charge in [-0.1, -0.05) is 0 Å². The van der Waals surface area contributed by atoms with Crippen molar-refractivity contribution in [2.75, 3.05) is 18.2 Å². The highest BCUT2D eigenvalue weighted by molar-refractivity contribution is 14.1. The molecule has 106 valence electrons. The van der Waals surface area contributed by atoms with Crippen LogP contribution in [0.2, 0.25) is 0 Å². The summed E-state index contributed by atoms with van der Waals surface area (Å²) in [6.45, 7) is 0. The molecule has 2 rings (SSSR count). The molecule has 20 heavy (non-hydrogen) atoms. The lowest BCUT2D eigenvalue weighted by molar-refractivity contribution is 0.409. The zero-order chi connectivity index (χ0) is 14.9. The topological polar surface area (TPSA) is 47.3 Å². The number of nitrogens with two attached hydrogens (primary N) is 1. The van der Waals surface area contributed by atoms with Crippen molar-refractivity contribution in [3.05, 3.63) is 45.3 Å². The first-order valence-corrected chi connectivity index (χ1v) is 6.55. The summed E-state index contributed by atoms with van der Waals surface area (Å²) in [7, 11) is 1.30. The molecular formula is C13H10F3IN2O. The second-order valence-electron chi connectivity index (χ2n) is 3.91. The molecule has 7 heteroatoms. The van der Waals surface area contributed by atoms with Crippen molar-refractivity contribution in [3.63, 3.8) is 0 Å². The number of benzene rings is 2. The maximum absolute atomic E-state index is 13.8. The van der Waals surface area contributed by atoms with Gasteiger partial charge in [-0.15, -0.1) is 0 Å². The van der Waals surface area contributed by atoms with Gasteiger partial charge in [0.05, 0.1) is 12.8 Å². The van der Waals surface area contributed by atoms with Gasteiger partial charge in [-0.2, -0.15) is 0 Å². The maximum atomic E-state index is 13.8. The number of halogens is 4. The van der Waals surface area contributed by atoms with Crippen LogP contribution < -0.4 is 15.8 Å². The molecule has 0 spiro atoms. The van der Waals surface area contributed by atoms with E-state index in [0.29, 0.717) is 9.26 Å². The minimum atomic E-state index is -1.12. The van der Waals surface area contributed by atoms with E-state index in [1.54, 1.807) is 0 Å². The average molecular weight is 394 g/mol. The van der Waals surface area contributed by atoms with Crippen molar-refractivity contribution in [1.82, 2.24) is 0 Å². The predicted octanol–water partition coefficient (Wildman–Crippen LogP) is 4.04. The third-order valence-electron chi connectivity index (χ3n) is 2.63. The Hall–Kier alpha value is -1.64. The van der Waals surface area contributed by atoms with E-state index in [1.807, 2.05) is 22.6 Å². The highest BCUT2D eigenvalue weighted by Gasteiger charge is 2.18. The van der Waals surface area contributed by atoms with Crippen LogP contribution in [0.3, 0.4) is 0 Å². The number of rotatable bonds is 3. The number of ether oxygens (including phenoxy) is 1. The molecule has 0 atom stereocenters. The van der Waals surface area contributed by atoms with Crippen molar-refractivity contribution in [2.24, 2.45) is 0 Å². The lowest BCUT2D eigenvalue weighted by Crippen LogP contribution is -2.05. The van der Waals surface area contributed by atoms with Gasteiger partial charge in [0.1, 0.15) is 22.9 Å². The molecule has 0 aliphatic rings. The van der Waals surface area contributed by atoms with E-state index in [2.05, 4.69) is 5.32 Å². The monoisotopic (exact) mass is 394 g/mol. The molecule has 0 saturated carbocycles. The van der Waals surface area contributed by atoms with Crippen LogP contribution >= 0.6 is 22.6 Å². The molecule has 0 bridgehead atoms. The van der Waals surface area contributed by atoms with Crippen molar-refractivity contribution in [1.29, 1.82) is 0 Å². The Balaban J connectivity index is 2.50. The van der Waals surface area contributed by atoms with Crippen molar-refractivity contribution >= 4 is 39.7 Å². The second-order valence-corrected chi connectivity index (χ2v) is 5.07. The number of nitrogen functional groups attached to an aromatic ring is 1. The first-order valence-electron chi connectivity index (χ1n) is 5.47. The van der Waals surface area contributed by atoms with Gasteiger partial charge < -0.3 is 15.8 Å². The number of anilines is 3. The Morgan fingerprint density at radius 1 is 1.20 bits per heavy atom. The number of hydrogen-bond acceptors (Lipinski definition) is 3. The summed E-state index contributed by atoms with van der Waals surface area (Å²) in [5, 5.41) is 2.66. The Morgan fingerprint density at radius 3 is 2.50 bits per heavy atom. The first kappa shape index (κ1) is 14.8. The van der Waals surface area contributed by atoms with Gasteiger partial charge in [0.25, 0.3) is 0 Å². The standard InChI is InChI=1S/C13H10F3IN2O/c1-20-10-5-7(15)11(16)13(12(10)18)19-9-3-2-6(14)4-8(9)17/h2-5,19H,18H2,1H3. The zero-order valence-electron chi connectivity index (χ0n) is 10.3. The van der Waals surface area contributed by atoms with Crippen LogP contribution in [0.15, 0.2) is 24.3 Å². The summed E-state index contributed by atoms with van der Waals surface area (Å²) in [5.41, 5.74) is 5.82. The molecule has 0 aromatic heterocycles. The smallest absolute Gasteiger partial charge is 0.184 e. The van der Waals surface area contributed by atoms with Gasteiger partial charge in [0.15, 0.2) is 11.6 Å². The van der Waals surface area contributed by atoms with Crippen LogP contribution in [0.1, 0.15) is 0 Å². The Labute approximate surface area is 127 Å². The minimum absolute atomic E-state index is 0.0171. The lowest BCUT2D eigenvalue weighted by atomic mass is 10.2. The van der Waals surface area contributed by atoms with Crippen LogP contribution in [0.4, 0.5) is 30.2 Å². The van der Waals surface area contributed by atoms with Gasteiger partial charge in [-0.25, -0.2) is 13.2 Å². The van der Waals surface area contributed by atoms with Crippen molar-refractivity contribution in [2.45, 2.75) is 0 Å². The molecule has 0 aliphatic heterocycles. The predicted molar refractivity (Wildman–Crippen MR) is 79.7 cm³/mol. The van der Waals surface area contributed by atoms with Crippen LogP contribution in [0, 0.1) is 21.0 Å². The fourth-order valence-electron chi connectivity index (χ4n) is 1.63. The van der Waals surface area contributed by atoms with E-state index < -0.39 is 17.5 Å². The molecule has 0 fully saturated rings. The van der Waals surface area contributed by atoms with Gasteiger partial charge >= 0.3 is 0 Å². The fraction of sp³-hybridized carbons (Fsp3) is 0.0769. The summed E-state index contributed by atoms with van der Waals surface area (Å²) < 4.78 is 45.7. The second kappa shape index (κ2) is 5.78. The molecule has 0 heterocycles. The summed E-state index contributed by atoms with van der Waals surface area (Å²) >= 11 is 1.87. The Kier molecular flexibility index (Phi) is 4.26. The highest BCUT2D eigenvalue weighted by Crippen LogP contribution is 2.36. The molecule has 0 saturated heterocycles. The fourth-order valence-corrected chi connectivity index (χ4v) is 2.25. The summed E-state index contributed by atoms with van der Waals surface area (Å²) in [5.74, 6) is -2.62. The largest absolute Gasteiger partial charge is 0.494 e. The van der Waals surface area contributed by atoms with Crippen molar-refractivity contribution < 1.29 is 17.9 Å². The number of methoxy groups -OCH3 is 1. The van der Waals surface area contributed by atoms with E-state index in [1.165, 1.54) is 25.3 Å². The van der Waals surface area contributed by atoms with Gasteiger partial charge in [-0.05, 0) is 40.8 Å². The van der Waals surface area contributed by atoms with Crippen LogP contribution in [-0.2, 0) is 0 Å². The molecule has 0 unspecified atom stereocenters. The van der Waals surface area contributed by atoms with E-state index in [0.717, 1.165) is 6.07 Å². The molecule has 0 radical (unpaired) electrons. The van der Waals surface area contributed by atoms with Gasteiger partial charge in [0.2, 0.25) is 0 Å². The molecule has 2 aromatic carbocycles. The van der Waals surface area contributed by atoms with Crippen LogP contribution in [0.25, 0.3) is 0 Å². The van der Waals surface area contributed by atoms with Gasteiger partial charge in [-0.3, -0.25) is 0 Å². The summed E-state index contributed by atoms with van der Waals surface area (Å²) in [4.78, 5) is 0. The van der Waals surface area contributed by atoms with Crippen LogP contribution in [-0.4, -0.2) is 7.11 Å². The normalized spacial score (nSPS) is 10.4. The van der Waals surface area contributed by atoms with E-state index in [9.17, 15) is 13.2 Å². The molecule has 3 N–H and O–H groups in total. The van der Waals surface area contributed by atoms with Crippen molar-refractivity contribution in [3.8, 4) is 5.75 Å². The van der Waals surface area contributed by atoms with Crippen LogP contribution in [0.5, 0.6) is 5.75 Å². The third-order valence-corrected chi connectivity index (χ3v) is 3.53. The quantitative estimate of drug-likeness (QED) is 0.610. The van der Waals surface area contributed by atoms with E-state index >= 15 is 0 Å². The maximum Gasteiger partial charge on any atom is 0.184 e. The zero-order valence-corrected chi connectivity index (χ0v) is 12.5. The summed E-state index contributed by atoms with van der Waals surface area (Å²) in [6, 6.07) is 4.74. The SMILES string of the molecule is COc1cc(F)c(F)c(Nc2ccc(F)cc2I)c1N. The Bertz CT molecular complexity index is 665. The van der Waals surface area contributed by atoms with Gasteiger partial charge in [0, 0.05) is 9.64 Å². The molecule has 2 aromatic rings. The number of nitrogens with one attached hydrogen (secondary N) is 1. The first-order chi connectivity index (χ1) is 9.43. The molecule has 0 amide bonds. The lowest BCUT2D eigenvalue weighted by Gasteiger charge is -2.15. The number of hydrogen-bond donors (Lipinski definition) is 2. The molecule has 3 nitrogen and oxygen atoms in total. The molecule has 0 aliphatic carbocycles. The molecular weight excluding hydrogens is 384 g/mol. The summed E-state index contributed by atoms with van der Waals surface area (Å²) in [6.07, 6.45) is 0. The highest BCUT2D eigenvalue weighted by atomic mass is 127. The average Bonchev–Trinajstić information content (AvgIpc) is 2.41. The van der Waals surface area contributed by atoms with E-state index in [4.69, 9.17) is 10.5 Å². The minimum Gasteiger partial charge on any atom is -0.494 e. The van der Waals surface area contributed by atoms with E-state index in [-0.39, 0.29) is 17.1 Å².